The van der Waals surface area contributed by atoms with Gasteiger partial charge >= 0.3 is 0 Å². The summed E-state index contributed by atoms with van der Waals surface area (Å²) in [6, 6.07) is 4.98. The molecule has 1 aliphatic carbocycles. The second-order valence-corrected chi connectivity index (χ2v) is 6.17. The molecule has 1 aliphatic heterocycles. The molecule has 2 N–H and O–H groups in total. The van der Waals surface area contributed by atoms with Gasteiger partial charge < -0.3 is 10.6 Å². The van der Waals surface area contributed by atoms with Gasteiger partial charge in [-0.15, -0.1) is 0 Å². The molecule has 0 aromatic carbocycles. The number of nitrogens with zero attached hydrogens (tertiary/aromatic N) is 3. The molecule has 0 radical (unpaired) electrons. The standard InChI is InChI=1S/C16H26N4/c1-13(17)15-7-4-8-18-16(15)20-11-9-19(10-12-20)14-5-2-3-6-14/h4,7-8,13-14H,2-3,5-6,9-12,17H2,1H3/t13-/m1/s1. The molecule has 2 fully saturated rings. The fraction of sp³-hybridized carbons (Fsp3) is 0.688. The van der Waals surface area contributed by atoms with Crippen molar-refractivity contribution in [3.05, 3.63) is 23.9 Å². The predicted octanol–water partition coefficient (Wildman–Crippen LogP) is 2.17. The van der Waals surface area contributed by atoms with Crippen LogP contribution in [-0.2, 0) is 0 Å². The van der Waals surface area contributed by atoms with E-state index in [-0.39, 0.29) is 6.04 Å². The Hall–Kier alpha value is -1.13. The molecule has 1 saturated carbocycles. The summed E-state index contributed by atoms with van der Waals surface area (Å²) in [6.45, 7) is 6.52. The normalized spacial score (nSPS) is 23.2. The maximum absolute atomic E-state index is 6.07. The van der Waals surface area contributed by atoms with E-state index in [0.717, 1.165) is 24.9 Å². The van der Waals surface area contributed by atoms with Crippen LogP contribution in [0.25, 0.3) is 0 Å². The topological polar surface area (TPSA) is 45.4 Å². The van der Waals surface area contributed by atoms with E-state index in [1.54, 1.807) is 0 Å². The molecule has 0 amide bonds. The molecule has 4 heteroatoms. The minimum Gasteiger partial charge on any atom is -0.354 e. The van der Waals surface area contributed by atoms with Gasteiger partial charge in [-0.2, -0.15) is 0 Å². The van der Waals surface area contributed by atoms with E-state index in [4.69, 9.17) is 5.73 Å². The van der Waals surface area contributed by atoms with Crippen LogP contribution in [0.3, 0.4) is 0 Å². The molecule has 20 heavy (non-hydrogen) atoms. The van der Waals surface area contributed by atoms with Crippen LogP contribution in [0.15, 0.2) is 18.3 Å². The van der Waals surface area contributed by atoms with Crippen LogP contribution >= 0.6 is 0 Å². The lowest BCUT2D eigenvalue weighted by atomic mass is 10.1. The summed E-state index contributed by atoms with van der Waals surface area (Å²) in [7, 11) is 0. The Kier molecular flexibility index (Phi) is 4.22. The monoisotopic (exact) mass is 274 g/mol. The van der Waals surface area contributed by atoms with Crippen molar-refractivity contribution in [1.82, 2.24) is 9.88 Å². The number of aromatic nitrogens is 1. The van der Waals surface area contributed by atoms with Crippen molar-refractivity contribution in [3.8, 4) is 0 Å². The first-order valence-electron chi connectivity index (χ1n) is 7.95. The second kappa shape index (κ2) is 6.10. The summed E-state index contributed by atoms with van der Waals surface area (Å²) in [4.78, 5) is 9.66. The van der Waals surface area contributed by atoms with Gasteiger partial charge in [-0.05, 0) is 25.8 Å². The van der Waals surface area contributed by atoms with Crippen molar-refractivity contribution in [2.24, 2.45) is 5.73 Å². The Morgan fingerprint density at radius 3 is 2.55 bits per heavy atom. The van der Waals surface area contributed by atoms with Crippen LogP contribution < -0.4 is 10.6 Å². The van der Waals surface area contributed by atoms with E-state index < -0.39 is 0 Å². The van der Waals surface area contributed by atoms with Gasteiger partial charge in [-0.3, -0.25) is 4.90 Å². The lowest BCUT2D eigenvalue weighted by Crippen LogP contribution is -2.50. The highest BCUT2D eigenvalue weighted by molar-refractivity contribution is 5.48. The zero-order chi connectivity index (χ0) is 13.9. The summed E-state index contributed by atoms with van der Waals surface area (Å²) >= 11 is 0. The van der Waals surface area contributed by atoms with Crippen molar-refractivity contribution >= 4 is 5.82 Å². The Balaban J connectivity index is 1.66. The fourth-order valence-electron chi connectivity index (χ4n) is 3.60. The third kappa shape index (κ3) is 2.81. The first kappa shape index (κ1) is 13.8. The highest BCUT2D eigenvalue weighted by atomic mass is 15.3. The number of nitrogens with two attached hydrogens (primary N) is 1. The Bertz CT molecular complexity index is 432. The van der Waals surface area contributed by atoms with Crippen molar-refractivity contribution in [2.75, 3.05) is 31.1 Å². The van der Waals surface area contributed by atoms with Crippen LogP contribution in [-0.4, -0.2) is 42.1 Å². The number of rotatable bonds is 3. The van der Waals surface area contributed by atoms with Gasteiger partial charge in [0.15, 0.2) is 0 Å². The summed E-state index contributed by atoms with van der Waals surface area (Å²) in [6.07, 6.45) is 7.51. The first-order valence-corrected chi connectivity index (χ1v) is 7.95. The van der Waals surface area contributed by atoms with Gasteiger partial charge in [0.25, 0.3) is 0 Å². The Labute approximate surface area is 122 Å². The number of piperazine rings is 1. The van der Waals surface area contributed by atoms with Gasteiger partial charge in [0.1, 0.15) is 5.82 Å². The van der Waals surface area contributed by atoms with E-state index in [2.05, 4.69) is 20.9 Å². The largest absolute Gasteiger partial charge is 0.354 e. The van der Waals surface area contributed by atoms with E-state index in [1.807, 2.05) is 19.2 Å². The van der Waals surface area contributed by atoms with Crippen molar-refractivity contribution in [3.63, 3.8) is 0 Å². The molecule has 0 bridgehead atoms. The first-order chi connectivity index (χ1) is 9.75. The zero-order valence-electron chi connectivity index (χ0n) is 12.5. The van der Waals surface area contributed by atoms with Crippen LogP contribution in [0.4, 0.5) is 5.82 Å². The van der Waals surface area contributed by atoms with Crippen LogP contribution in [0.5, 0.6) is 0 Å². The molecule has 0 unspecified atom stereocenters. The summed E-state index contributed by atoms with van der Waals surface area (Å²) in [5.74, 6) is 1.09. The molecular formula is C16H26N4. The van der Waals surface area contributed by atoms with Gasteiger partial charge in [-0.1, -0.05) is 18.9 Å². The lowest BCUT2D eigenvalue weighted by Gasteiger charge is -2.39. The molecule has 3 rings (SSSR count). The number of anilines is 1. The molecule has 0 spiro atoms. The maximum Gasteiger partial charge on any atom is 0.133 e. The van der Waals surface area contributed by atoms with Gasteiger partial charge in [0.2, 0.25) is 0 Å². The average molecular weight is 274 g/mol. The molecule has 2 heterocycles. The van der Waals surface area contributed by atoms with Crippen molar-refractivity contribution in [2.45, 2.75) is 44.7 Å². The van der Waals surface area contributed by atoms with E-state index >= 15 is 0 Å². The maximum atomic E-state index is 6.07. The average Bonchev–Trinajstić information content (AvgIpc) is 3.02. The van der Waals surface area contributed by atoms with E-state index in [0.29, 0.717) is 0 Å². The molecule has 1 atom stereocenters. The van der Waals surface area contributed by atoms with Crippen molar-refractivity contribution in [1.29, 1.82) is 0 Å². The SMILES string of the molecule is C[C@@H](N)c1cccnc1N1CCN(C2CCCC2)CC1. The van der Waals surface area contributed by atoms with Crippen LogP contribution in [0.2, 0.25) is 0 Å². The Morgan fingerprint density at radius 1 is 1.20 bits per heavy atom. The Morgan fingerprint density at radius 2 is 1.90 bits per heavy atom. The minimum absolute atomic E-state index is 0.0477. The zero-order valence-corrected chi connectivity index (χ0v) is 12.5. The number of pyridine rings is 1. The highest BCUT2D eigenvalue weighted by Gasteiger charge is 2.27. The third-order valence-electron chi connectivity index (χ3n) is 4.76. The van der Waals surface area contributed by atoms with E-state index in [9.17, 15) is 0 Å². The second-order valence-electron chi connectivity index (χ2n) is 6.17. The van der Waals surface area contributed by atoms with Crippen molar-refractivity contribution < 1.29 is 0 Å². The summed E-state index contributed by atoms with van der Waals surface area (Å²) < 4.78 is 0. The quantitative estimate of drug-likeness (QED) is 0.917. The molecule has 4 nitrogen and oxygen atoms in total. The number of hydrogen-bond donors (Lipinski definition) is 1. The molecule has 1 saturated heterocycles. The lowest BCUT2D eigenvalue weighted by molar-refractivity contribution is 0.187. The van der Waals surface area contributed by atoms with Crippen LogP contribution in [0, 0.1) is 0 Å². The highest BCUT2D eigenvalue weighted by Crippen LogP contribution is 2.27. The molecule has 1 aromatic rings. The molecular weight excluding hydrogens is 248 g/mol. The number of hydrogen-bond acceptors (Lipinski definition) is 4. The molecule has 2 aliphatic rings. The van der Waals surface area contributed by atoms with E-state index in [1.165, 1.54) is 44.3 Å². The predicted molar refractivity (Wildman–Crippen MR) is 82.9 cm³/mol. The minimum atomic E-state index is 0.0477. The molecule has 1 aromatic heterocycles. The van der Waals surface area contributed by atoms with Gasteiger partial charge in [0.05, 0.1) is 0 Å². The third-order valence-corrected chi connectivity index (χ3v) is 4.76. The fourth-order valence-corrected chi connectivity index (χ4v) is 3.60. The summed E-state index contributed by atoms with van der Waals surface area (Å²) in [5.41, 5.74) is 7.24. The van der Waals surface area contributed by atoms with Crippen LogP contribution in [0.1, 0.15) is 44.2 Å². The van der Waals surface area contributed by atoms with Gasteiger partial charge in [0, 0.05) is 50.0 Å². The summed E-state index contributed by atoms with van der Waals surface area (Å²) in [5, 5.41) is 0. The smallest absolute Gasteiger partial charge is 0.133 e. The van der Waals surface area contributed by atoms with Gasteiger partial charge in [-0.25, -0.2) is 4.98 Å². The molecule has 110 valence electrons.